The number of hydrogen-bond acceptors (Lipinski definition) is 4. The lowest BCUT2D eigenvalue weighted by atomic mass is 10.2. The molecule has 126 valence electrons. The van der Waals surface area contributed by atoms with Crippen LogP contribution in [0.5, 0.6) is 0 Å². The third-order valence-corrected chi connectivity index (χ3v) is 4.11. The third-order valence-electron chi connectivity index (χ3n) is 3.77. The van der Waals surface area contributed by atoms with Gasteiger partial charge in [-0.3, -0.25) is 4.99 Å². The zero-order valence-electron chi connectivity index (χ0n) is 13.7. The van der Waals surface area contributed by atoms with Gasteiger partial charge in [-0.2, -0.15) is 4.98 Å². The van der Waals surface area contributed by atoms with Crippen LogP contribution in [-0.2, 0) is 0 Å². The van der Waals surface area contributed by atoms with Crippen LogP contribution < -0.4 is 0 Å². The minimum Gasteiger partial charge on any atom is -0.434 e. The molecule has 0 aliphatic carbocycles. The van der Waals surface area contributed by atoms with Crippen LogP contribution in [-0.4, -0.2) is 16.2 Å². The van der Waals surface area contributed by atoms with E-state index in [1.807, 2.05) is 72.8 Å². The first-order chi connectivity index (χ1) is 12.8. The summed E-state index contributed by atoms with van der Waals surface area (Å²) in [7, 11) is 0. The van der Waals surface area contributed by atoms with Crippen molar-refractivity contribution in [2.45, 2.75) is 0 Å². The van der Waals surface area contributed by atoms with E-state index in [4.69, 9.17) is 16.0 Å². The SMILES string of the molecule is Clc1ccccc1/C=C/C=Nc1ccc(-c2nc3ncccc3o2)cc1. The fourth-order valence-electron chi connectivity index (χ4n) is 2.47. The highest BCUT2D eigenvalue weighted by atomic mass is 35.5. The van der Waals surface area contributed by atoms with Gasteiger partial charge in [0.25, 0.3) is 0 Å². The van der Waals surface area contributed by atoms with E-state index in [1.54, 1.807) is 12.4 Å². The summed E-state index contributed by atoms with van der Waals surface area (Å²) in [5, 5.41) is 0.717. The lowest BCUT2D eigenvalue weighted by Crippen LogP contribution is -1.77. The smallest absolute Gasteiger partial charge is 0.228 e. The summed E-state index contributed by atoms with van der Waals surface area (Å²) in [6.45, 7) is 0. The summed E-state index contributed by atoms with van der Waals surface area (Å²) in [6, 6.07) is 19.0. The van der Waals surface area contributed by atoms with Crippen LogP contribution in [0.25, 0.3) is 28.8 Å². The van der Waals surface area contributed by atoms with E-state index in [1.165, 1.54) is 0 Å². The van der Waals surface area contributed by atoms with Gasteiger partial charge in [0.1, 0.15) is 0 Å². The number of fused-ring (bicyclic) bond motifs is 1. The number of nitrogens with zero attached hydrogens (tertiary/aromatic N) is 3. The monoisotopic (exact) mass is 359 g/mol. The molecular formula is C21H14ClN3O. The van der Waals surface area contributed by atoms with Crippen molar-refractivity contribution in [3.63, 3.8) is 0 Å². The molecule has 0 fully saturated rings. The van der Waals surface area contributed by atoms with Gasteiger partial charge < -0.3 is 4.42 Å². The van der Waals surface area contributed by atoms with E-state index >= 15 is 0 Å². The molecule has 2 aromatic carbocycles. The van der Waals surface area contributed by atoms with E-state index in [0.29, 0.717) is 22.1 Å². The van der Waals surface area contributed by atoms with E-state index < -0.39 is 0 Å². The standard InChI is InChI=1S/C21H14ClN3O/c22-18-7-2-1-5-15(18)6-3-13-23-17-11-9-16(10-12-17)21-25-20-19(26-21)8-4-14-24-20/h1-14H/b6-3+,23-13?. The lowest BCUT2D eigenvalue weighted by molar-refractivity contribution is 0.619. The molecule has 0 saturated heterocycles. The molecule has 0 unspecified atom stereocenters. The van der Waals surface area contributed by atoms with E-state index in [9.17, 15) is 0 Å². The number of allylic oxidation sites excluding steroid dienone is 1. The first-order valence-electron chi connectivity index (χ1n) is 8.07. The molecule has 0 aliphatic rings. The van der Waals surface area contributed by atoms with E-state index in [0.717, 1.165) is 16.8 Å². The Morgan fingerprint density at radius 3 is 2.62 bits per heavy atom. The molecular weight excluding hydrogens is 346 g/mol. The molecule has 5 heteroatoms. The topological polar surface area (TPSA) is 51.3 Å². The Kier molecular flexibility index (Phi) is 4.58. The van der Waals surface area contributed by atoms with Gasteiger partial charge >= 0.3 is 0 Å². The first-order valence-corrected chi connectivity index (χ1v) is 8.45. The molecule has 0 atom stereocenters. The Labute approximate surface area is 155 Å². The molecule has 0 saturated carbocycles. The maximum Gasteiger partial charge on any atom is 0.228 e. The number of rotatable bonds is 4. The molecule has 0 radical (unpaired) electrons. The zero-order chi connectivity index (χ0) is 17.8. The second-order valence-electron chi connectivity index (χ2n) is 5.55. The van der Waals surface area contributed by atoms with Gasteiger partial charge in [0.2, 0.25) is 5.89 Å². The predicted octanol–water partition coefficient (Wildman–Crippen LogP) is 5.96. The fourth-order valence-corrected chi connectivity index (χ4v) is 2.67. The molecule has 0 aliphatic heterocycles. The number of oxazole rings is 1. The summed E-state index contributed by atoms with van der Waals surface area (Å²) in [4.78, 5) is 13.0. The number of aromatic nitrogens is 2. The highest BCUT2D eigenvalue weighted by molar-refractivity contribution is 6.32. The van der Waals surface area contributed by atoms with Gasteiger partial charge in [0.15, 0.2) is 11.2 Å². The Morgan fingerprint density at radius 2 is 1.81 bits per heavy atom. The molecule has 0 bridgehead atoms. The van der Waals surface area contributed by atoms with Crippen molar-refractivity contribution in [3.8, 4) is 11.5 Å². The van der Waals surface area contributed by atoms with Crippen molar-refractivity contribution in [1.82, 2.24) is 9.97 Å². The Bertz CT molecular complexity index is 1060. The summed E-state index contributed by atoms with van der Waals surface area (Å²) in [6.07, 6.45) is 7.22. The second kappa shape index (κ2) is 7.33. The second-order valence-corrected chi connectivity index (χ2v) is 5.96. The van der Waals surface area contributed by atoms with Crippen molar-refractivity contribution < 1.29 is 4.42 Å². The zero-order valence-corrected chi connectivity index (χ0v) is 14.5. The lowest BCUT2D eigenvalue weighted by Gasteiger charge is -1.96. The van der Waals surface area contributed by atoms with Gasteiger partial charge in [-0.1, -0.05) is 35.9 Å². The Balaban J connectivity index is 1.48. The highest BCUT2D eigenvalue weighted by Gasteiger charge is 2.08. The first kappa shape index (κ1) is 16.2. The molecule has 2 heterocycles. The van der Waals surface area contributed by atoms with Gasteiger partial charge in [0, 0.05) is 23.0 Å². The van der Waals surface area contributed by atoms with Crippen LogP contribution in [0.2, 0.25) is 5.02 Å². The van der Waals surface area contributed by atoms with Gasteiger partial charge in [-0.15, -0.1) is 0 Å². The van der Waals surface area contributed by atoms with Crippen LogP contribution in [0, 0.1) is 0 Å². The molecule has 4 rings (SSSR count). The number of aliphatic imine (C=N–C) groups is 1. The van der Waals surface area contributed by atoms with Crippen LogP contribution in [0.1, 0.15) is 5.56 Å². The molecule has 0 N–H and O–H groups in total. The number of benzene rings is 2. The Morgan fingerprint density at radius 1 is 0.962 bits per heavy atom. The average molecular weight is 360 g/mol. The van der Waals surface area contributed by atoms with Crippen molar-refractivity contribution in [2.75, 3.05) is 0 Å². The van der Waals surface area contributed by atoms with Crippen molar-refractivity contribution in [3.05, 3.63) is 83.5 Å². The van der Waals surface area contributed by atoms with Crippen LogP contribution >= 0.6 is 11.6 Å². The molecule has 0 amide bonds. The van der Waals surface area contributed by atoms with Crippen LogP contribution in [0.3, 0.4) is 0 Å². The third kappa shape index (κ3) is 3.55. The van der Waals surface area contributed by atoms with E-state index in [-0.39, 0.29) is 0 Å². The fraction of sp³-hybridized carbons (Fsp3) is 0. The molecule has 2 aromatic heterocycles. The summed E-state index contributed by atoms with van der Waals surface area (Å²) in [5.74, 6) is 0.549. The van der Waals surface area contributed by atoms with Crippen molar-refractivity contribution >= 4 is 40.8 Å². The maximum atomic E-state index is 6.11. The van der Waals surface area contributed by atoms with Crippen molar-refractivity contribution in [2.24, 2.45) is 4.99 Å². The largest absolute Gasteiger partial charge is 0.434 e. The molecule has 4 aromatic rings. The summed E-state index contributed by atoms with van der Waals surface area (Å²) < 4.78 is 5.72. The van der Waals surface area contributed by atoms with Crippen molar-refractivity contribution in [1.29, 1.82) is 0 Å². The number of hydrogen-bond donors (Lipinski definition) is 0. The normalized spacial score (nSPS) is 11.7. The van der Waals surface area contributed by atoms with Crippen LogP contribution in [0.15, 0.2) is 82.3 Å². The van der Waals surface area contributed by atoms with E-state index in [2.05, 4.69) is 15.0 Å². The van der Waals surface area contributed by atoms with Crippen LogP contribution in [0.4, 0.5) is 5.69 Å². The average Bonchev–Trinajstić information content (AvgIpc) is 3.11. The maximum absolute atomic E-state index is 6.11. The number of pyridine rings is 1. The van der Waals surface area contributed by atoms with Gasteiger partial charge in [-0.25, -0.2) is 4.98 Å². The van der Waals surface area contributed by atoms with Gasteiger partial charge in [-0.05, 0) is 54.1 Å². The highest BCUT2D eigenvalue weighted by Crippen LogP contribution is 2.25. The minimum atomic E-state index is 0.549. The molecule has 0 spiro atoms. The quantitative estimate of drug-likeness (QED) is 0.422. The molecule has 26 heavy (non-hydrogen) atoms. The number of halogens is 1. The minimum absolute atomic E-state index is 0.549. The molecule has 4 nitrogen and oxygen atoms in total. The summed E-state index contributed by atoms with van der Waals surface area (Å²) >= 11 is 6.11. The predicted molar refractivity (Wildman–Crippen MR) is 106 cm³/mol. The summed E-state index contributed by atoms with van der Waals surface area (Å²) in [5.41, 5.74) is 3.96. The Hall–Kier alpha value is -3.24. The van der Waals surface area contributed by atoms with Gasteiger partial charge in [0.05, 0.1) is 5.69 Å².